The molecule has 0 spiro atoms. The highest BCUT2D eigenvalue weighted by molar-refractivity contribution is 7.80. The average Bonchev–Trinajstić information content (AvgIpc) is 3.34. The molecule has 0 aliphatic heterocycles. The number of aromatic nitrogens is 2. The number of hydrogen-bond donors (Lipinski definition) is 2. The number of para-hydroxylation sites is 2. The predicted octanol–water partition coefficient (Wildman–Crippen LogP) is 5.05. The van der Waals surface area contributed by atoms with Crippen LogP contribution in [0, 0.1) is 13.8 Å². The van der Waals surface area contributed by atoms with E-state index in [1.54, 1.807) is 0 Å². The number of fused-ring (bicyclic) bond motifs is 1. The van der Waals surface area contributed by atoms with Crippen LogP contribution in [0.3, 0.4) is 0 Å². The van der Waals surface area contributed by atoms with E-state index in [-0.39, 0.29) is 0 Å². The minimum Gasteiger partial charge on any atom is -0.362 e. The Balaban J connectivity index is 1.45. The Morgan fingerprint density at radius 3 is 2.68 bits per heavy atom. The van der Waals surface area contributed by atoms with E-state index in [4.69, 9.17) is 12.2 Å². The Bertz CT molecular complexity index is 939. The van der Waals surface area contributed by atoms with E-state index in [9.17, 15) is 0 Å². The van der Waals surface area contributed by atoms with Crippen LogP contribution in [0.5, 0.6) is 0 Å². The fourth-order valence-corrected chi connectivity index (χ4v) is 4.39. The van der Waals surface area contributed by atoms with E-state index in [1.165, 1.54) is 42.5 Å². The van der Waals surface area contributed by atoms with Crippen molar-refractivity contribution < 1.29 is 0 Å². The van der Waals surface area contributed by atoms with Crippen molar-refractivity contribution in [1.82, 2.24) is 15.3 Å². The smallest absolute Gasteiger partial charge is 0.173 e. The molecule has 1 aromatic heterocycles. The van der Waals surface area contributed by atoms with Gasteiger partial charge in [-0.25, -0.2) is 4.98 Å². The van der Waals surface area contributed by atoms with Gasteiger partial charge in [0.05, 0.1) is 11.0 Å². The second-order valence-corrected chi connectivity index (χ2v) is 8.15. The summed E-state index contributed by atoms with van der Waals surface area (Å²) in [7, 11) is 0. The first-order valence-corrected chi connectivity index (χ1v) is 10.6. The number of nitrogens with zero attached hydrogens (tertiary/aromatic N) is 2. The standard InChI is InChI=1S/C23H28N4S/c1-16-11-12-19(15-17(16)2)27(18-7-3-4-8-18)23(28)24-14-13-22-25-20-9-5-6-10-21(20)26-22/h5-6,9-12,15,18H,3-4,7-8,13-14H2,1-2H3,(H,24,28)(H,25,26). The Hall–Kier alpha value is -2.40. The third kappa shape index (κ3) is 4.04. The van der Waals surface area contributed by atoms with E-state index in [2.05, 4.69) is 58.3 Å². The molecule has 4 rings (SSSR count). The molecule has 28 heavy (non-hydrogen) atoms. The van der Waals surface area contributed by atoms with Crippen molar-refractivity contribution in [3.63, 3.8) is 0 Å². The second-order valence-electron chi connectivity index (χ2n) is 7.76. The zero-order valence-corrected chi connectivity index (χ0v) is 17.5. The zero-order chi connectivity index (χ0) is 19.5. The molecule has 1 saturated carbocycles. The summed E-state index contributed by atoms with van der Waals surface area (Å²) in [5, 5.41) is 4.31. The van der Waals surface area contributed by atoms with Crippen molar-refractivity contribution in [2.75, 3.05) is 11.4 Å². The first-order chi connectivity index (χ1) is 13.6. The van der Waals surface area contributed by atoms with Crippen LogP contribution in [-0.2, 0) is 6.42 Å². The van der Waals surface area contributed by atoms with E-state index < -0.39 is 0 Å². The zero-order valence-electron chi connectivity index (χ0n) is 16.7. The van der Waals surface area contributed by atoms with Gasteiger partial charge >= 0.3 is 0 Å². The van der Waals surface area contributed by atoms with Crippen molar-refractivity contribution in [3.8, 4) is 0 Å². The van der Waals surface area contributed by atoms with Crippen molar-refractivity contribution >= 4 is 34.1 Å². The fraction of sp³-hybridized carbons (Fsp3) is 0.391. The monoisotopic (exact) mass is 392 g/mol. The summed E-state index contributed by atoms with van der Waals surface area (Å²) in [4.78, 5) is 10.4. The van der Waals surface area contributed by atoms with Gasteiger partial charge < -0.3 is 15.2 Å². The summed E-state index contributed by atoms with van der Waals surface area (Å²) in [6, 6.07) is 15.3. The maximum Gasteiger partial charge on any atom is 0.173 e. The van der Waals surface area contributed by atoms with Gasteiger partial charge in [-0.2, -0.15) is 0 Å². The number of benzene rings is 2. The highest BCUT2D eigenvalue weighted by atomic mass is 32.1. The van der Waals surface area contributed by atoms with Crippen molar-refractivity contribution in [2.45, 2.75) is 52.0 Å². The number of imidazole rings is 1. The molecule has 1 aliphatic rings. The molecule has 3 aromatic rings. The lowest BCUT2D eigenvalue weighted by Crippen LogP contribution is -2.46. The van der Waals surface area contributed by atoms with Crippen LogP contribution in [-0.4, -0.2) is 27.7 Å². The van der Waals surface area contributed by atoms with Crippen LogP contribution in [0.2, 0.25) is 0 Å². The van der Waals surface area contributed by atoms with E-state index in [1.807, 2.05) is 18.2 Å². The van der Waals surface area contributed by atoms with E-state index >= 15 is 0 Å². The van der Waals surface area contributed by atoms with Gasteiger partial charge in [-0.1, -0.05) is 31.0 Å². The first-order valence-electron chi connectivity index (χ1n) is 10.2. The number of aromatic amines is 1. The van der Waals surface area contributed by atoms with Gasteiger partial charge in [0, 0.05) is 24.7 Å². The highest BCUT2D eigenvalue weighted by Gasteiger charge is 2.26. The number of hydrogen-bond acceptors (Lipinski definition) is 2. The van der Waals surface area contributed by atoms with Crippen LogP contribution in [0.25, 0.3) is 11.0 Å². The van der Waals surface area contributed by atoms with Crippen LogP contribution in [0.4, 0.5) is 5.69 Å². The van der Waals surface area contributed by atoms with Crippen molar-refractivity contribution in [1.29, 1.82) is 0 Å². The minimum absolute atomic E-state index is 0.494. The molecule has 0 bridgehead atoms. The third-order valence-electron chi connectivity index (χ3n) is 5.75. The summed E-state index contributed by atoms with van der Waals surface area (Å²) in [6.07, 6.45) is 5.80. The van der Waals surface area contributed by atoms with Crippen molar-refractivity contribution in [3.05, 3.63) is 59.4 Å². The molecule has 146 valence electrons. The molecular formula is C23H28N4S. The molecule has 1 aliphatic carbocycles. The molecular weight excluding hydrogens is 364 g/mol. The summed E-state index contributed by atoms with van der Waals surface area (Å²) in [6.45, 7) is 5.10. The van der Waals surface area contributed by atoms with Gasteiger partial charge in [0.25, 0.3) is 0 Å². The highest BCUT2D eigenvalue weighted by Crippen LogP contribution is 2.29. The topological polar surface area (TPSA) is 44.0 Å². The first kappa shape index (κ1) is 18.9. The van der Waals surface area contributed by atoms with Gasteiger partial charge in [-0.15, -0.1) is 0 Å². The molecule has 1 fully saturated rings. The predicted molar refractivity (Wildman–Crippen MR) is 121 cm³/mol. The molecule has 5 heteroatoms. The molecule has 0 saturated heterocycles. The molecule has 1 heterocycles. The number of H-pyrrole nitrogens is 1. The number of rotatable bonds is 5. The van der Waals surface area contributed by atoms with E-state index in [0.29, 0.717) is 6.04 Å². The van der Waals surface area contributed by atoms with Gasteiger partial charge in [0.1, 0.15) is 5.82 Å². The minimum atomic E-state index is 0.494. The third-order valence-corrected chi connectivity index (χ3v) is 6.09. The summed E-state index contributed by atoms with van der Waals surface area (Å²) in [5.41, 5.74) is 5.94. The van der Waals surface area contributed by atoms with Crippen LogP contribution in [0.15, 0.2) is 42.5 Å². The average molecular weight is 393 g/mol. The second kappa shape index (κ2) is 8.31. The largest absolute Gasteiger partial charge is 0.362 e. The summed E-state index contributed by atoms with van der Waals surface area (Å²) < 4.78 is 0. The van der Waals surface area contributed by atoms with E-state index in [0.717, 1.165) is 34.9 Å². The van der Waals surface area contributed by atoms with Crippen LogP contribution in [0.1, 0.15) is 42.6 Å². The van der Waals surface area contributed by atoms with Gasteiger partial charge in [-0.3, -0.25) is 0 Å². The number of aryl methyl sites for hydroxylation is 2. The van der Waals surface area contributed by atoms with Gasteiger partial charge in [-0.05, 0) is 74.3 Å². The van der Waals surface area contributed by atoms with Gasteiger partial charge in [0.15, 0.2) is 5.11 Å². The fourth-order valence-electron chi connectivity index (χ4n) is 4.03. The Kier molecular flexibility index (Phi) is 5.62. The molecule has 4 nitrogen and oxygen atoms in total. The summed E-state index contributed by atoms with van der Waals surface area (Å²) in [5.74, 6) is 0.995. The lowest BCUT2D eigenvalue weighted by atomic mass is 10.1. The quantitative estimate of drug-likeness (QED) is 0.597. The number of anilines is 1. The maximum absolute atomic E-state index is 5.83. The lowest BCUT2D eigenvalue weighted by Gasteiger charge is -2.32. The van der Waals surface area contributed by atoms with Gasteiger partial charge in [0.2, 0.25) is 0 Å². The molecule has 0 radical (unpaired) electrons. The van der Waals surface area contributed by atoms with Crippen LogP contribution >= 0.6 is 12.2 Å². The molecule has 2 N–H and O–H groups in total. The van der Waals surface area contributed by atoms with Crippen molar-refractivity contribution in [2.24, 2.45) is 0 Å². The molecule has 0 atom stereocenters. The van der Waals surface area contributed by atoms with Crippen LogP contribution < -0.4 is 10.2 Å². The Labute approximate surface area is 172 Å². The summed E-state index contributed by atoms with van der Waals surface area (Å²) >= 11 is 5.83. The maximum atomic E-state index is 5.83. The molecule has 0 unspecified atom stereocenters. The Morgan fingerprint density at radius 2 is 1.93 bits per heavy atom. The Morgan fingerprint density at radius 1 is 1.14 bits per heavy atom. The lowest BCUT2D eigenvalue weighted by molar-refractivity contribution is 0.678. The molecule has 2 aromatic carbocycles. The molecule has 0 amide bonds. The number of nitrogens with one attached hydrogen (secondary N) is 2. The number of thiocarbonyl (C=S) groups is 1. The normalized spacial score (nSPS) is 14.5. The SMILES string of the molecule is Cc1ccc(N(C(=S)NCCc2nc3ccccc3[nH]2)C2CCCC2)cc1C.